The zero-order valence-corrected chi connectivity index (χ0v) is 12.8. The standard InChI is InChI=1S/C16H24ClNO/c1-4-18-16(12-6-5-11(2)9-12)13-7-8-14(17)15(10-13)19-3/h7-8,10-12,16,18H,4-6,9H2,1-3H3. The van der Waals surface area contributed by atoms with E-state index >= 15 is 0 Å². The molecule has 0 spiro atoms. The third-order valence-electron chi connectivity index (χ3n) is 4.17. The Labute approximate surface area is 121 Å². The summed E-state index contributed by atoms with van der Waals surface area (Å²) >= 11 is 6.12. The van der Waals surface area contributed by atoms with Gasteiger partial charge in [0.25, 0.3) is 0 Å². The maximum Gasteiger partial charge on any atom is 0.137 e. The summed E-state index contributed by atoms with van der Waals surface area (Å²) in [5.74, 6) is 2.34. The van der Waals surface area contributed by atoms with Gasteiger partial charge < -0.3 is 10.1 Å². The molecule has 1 aromatic rings. The van der Waals surface area contributed by atoms with E-state index in [1.165, 1.54) is 24.8 Å². The number of benzene rings is 1. The average Bonchev–Trinajstić information content (AvgIpc) is 2.83. The highest BCUT2D eigenvalue weighted by Crippen LogP contribution is 2.40. The van der Waals surface area contributed by atoms with Gasteiger partial charge in [-0.05, 0) is 48.9 Å². The van der Waals surface area contributed by atoms with Gasteiger partial charge in [0.1, 0.15) is 5.75 Å². The zero-order chi connectivity index (χ0) is 13.8. The minimum Gasteiger partial charge on any atom is -0.495 e. The predicted octanol–water partition coefficient (Wildman–Crippen LogP) is 4.44. The van der Waals surface area contributed by atoms with Crippen molar-refractivity contribution >= 4 is 11.6 Å². The summed E-state index contributed by atoms with van der Waals surface area (Å²) in [4.78, 5) is 0. The first-order chi connectivity index (χ1) is 9.15. The van der Waals surface area contributed by atoms with Crippen molar-refractivity contribution in [1.82, 2.24) is 5.32 Å². The van der Waals surface area contributed by atoms with Crippen LogP contribution in [0.1, 0.15) is 44.7 Å². The second-order valence-corrected chi connectivity index (χ2v) is 6.01. The molecule has 1 aromatic carbocycles. The Morgan fingerprint density at radius 3 is 2.79 bits per heavy atom. The average molecular weight is 282 g/mol. The molecule has 2 nitrogen and oxygen atoms in total. The van der Waals surface area contributed by atoms with Gasteiger partial charge >= 0.3 is 0 Å². The Bertz CT molecular complexity index is 421. The Kier molecular flexibility index (Phi) is 5.12. The van der Waals surface area contributed by atoms with Gasteiger partial charge in [-0.2, -0.15) is 0 Å². The van der Waals surface area contributed by atoms with Crippen molar-refractivity contribution in [3.63, 3.8) is 0 Å². The molecule has 3 atom stereocenters. The second kappa shape index (κ2) is 6.62. The van der Waals surface area contributed by atoms with Crippen LogP contribution in [0.4, 0.5) is 0 Å². The summed E-state index contributed by atoms with van der Waals surface area (Å²) in [6.45, 7) is 5.50. The Morgan fingerprint density at radius 2 is 2.21 bits per heavy atom. The lowest BCUT2D eigenvalue weighted by atomic mass is 9.90. The molecule has 0 heterocycles. The van der Waals surface area contributed by atoms with Crippen molar-refractivity contribution in [2.24, 2.45) is 11.8 Å². The fraction of sp³-hybridized carbons (Fsp3) is 0.625. The van der Waals surface area contributed by atoms with Gasteiger partial charge in [0.2, 0.25) is 0 Å². The van der Waals surface area contributed by atoms with Crippen molar-refractivity contribution < 1.29 is 4.74 Å². The van der Waals surface area contributed by atoms with Crippen LogP contribution in [0.2, 0.25) is 5.02 Å². The van der Waals surface area contributed by atoms with Crippen molar-refractivity contribution in [3.8, 4) is 5.75 Å². The first-order valence-electron chi connectivity index (χ1n) is 7.22. The summed E-state index contributed by atoms with van der Waals surface area (Å²) < 4.78 is 5.34. The van der Waals surface area contributed by atoms with E-state index in [2.05, 4.69) is 31.3 Å². The number of halogens is 1. The van der Waals surface area contributed by atoms with Gasteiger partial charge in [0.05, 0.1) is 12.1 Å². The van der Waals surface area contributed by atoms with Crippen LogP contribution in [0.25, 0.3) is 0 Å². The molecule has 0 radical (unpaired) electrons. The molecular weight excluding hydrogens is 258 g/mol. The molecule has 1 saturated carbocycles. The fourth-order valence-electron chi connectivity index (χ4n) is 3.20. The largest absolute Gasteiger partial charge is 0.495 e. The van der Waals surface area contributed by atoms with Crippen LogP contribution in [0.3, 0.4) is 0 Å². The molecule has 1 aliphatic rings. The minimum atomic E-state index is 0.418. The molecule has 1 N–H and O–H groups in total. The lowest BCUT2D eigenvalue weighted by molar-refractivity contribution is 0.362. The van der Waals surface area contributed by atoms with Crippen LogP contribution in [0, 0.1) is 11.8 Å². The number of methoxy groups -OCH3 is 1. The zero-order valence-electron chi connectivity index (χ0n) is 12.1. The summed E-state index contributed by atoms with van der Waals surface area (Å²) in [5, 5.41) is 4.32. The van der Waals surface area contributed by atoms with Crippen LogP contribution in [0.5, 0.6) is 5.75 Å². The molecule has 0 aromatic heterocycles. The Morgan fingerprint density at radius 1 is 1.42 bits per heavy atom. The van der Waals surface area contributed by atoms with E-state index in [0.29, 0.717) is 11.1 Å². The monoisotopic (exact) mass is 281 g/mol. The topological polar surface area (TPSA) is 21.3 Å². The molecule has 3 heteroatoms. The highest BCUT2D eigenvalue weighted by molar-refractivity contribution is 6.32. The summed E-state index contributed by atoms with van der Waals surface area (Å²) in [6, 6.07) is 6.57. The molecule has 2 rings (SSSR count). The predicted molar refractivity (Wildman–Crippen MR) is 80.9 cm³/mol. The van der Waals surface area contributed by atoms with Gasteiger partial charge in [-0.1, -0.05) is 37.9 Å². The Balaban J connectivity index is 2.23. The highest BCUT2D eigenvalue weighted by atomic mass is 35.5. The molecule has 106 valence electrons. The molecule has 0 bridgehead atoms. The van der Waals surface area contributed by atoms with Crippen LogP contribution < -0.4 is 10.1 Å². The number of ether oxygens (including phenoxy) is 1. The van der Waals surface area contributed by atoms with Crippen molar-refractivity contribution in [2.75, 3.05) is 13.7 Å². The first-order valence-corrected chi connectivity index (χ1v) is 7.60. The number of hydrogen-bond donors (Lipinski definition) is 1. The van der Waals surface area contributed by atoms with Crippen LogP contribution in [-0.4, -0.2) is 13.7 Å². The number of hydrogen-bond acceptors (Lipinski definition) is 2. The van der Waals surface area contributed by atoms with Crippen molar-refractivity contribution in [3.05, 3.63) is 28.8 Å². The molecule has 0 aliphatic heterocycles. The quantitative estimate of drug-likeness (QED) is 0.862. The fourth-order valence-corrected chi connectivity index (χ4v) is 3.39. The van der Waals surface area contributed by atoms with E-state index in [1.807, 2.05) is 6.07 Å². The minimum absolute atomic E-state index is 0.418. The molecular formula is C16H24ClNO. The molecule has 1 fully saturated rings. The SMILES string of the molecule is CCNC(c1ccc(Cl)c(OC)c1)C1CCC(C)C1. The Hall–Kier alpha value is -0.730. The molecule has 3 unspecified atom stereocenters. The van der Waals surface area contributed by atoms with Crippen LogP contribution in [0.15, 0.2) is 18.2 Å². The summed E-state index contributed by atoms with van der Waals surface area (Å²) in [5.41, 5.74) is 1.29. The van der Waals surface area contributed by atoms with E-state index in [0.717, 1.165) is 24.1 Å². The van der Waals surface area contributed by atoms with E-state index in [9.17, 15) is 0 Å². The van der Waals surface area contributed by atoms with Crippen molar-refractivity contribution in [1.29, 1.82) is 0 Å². The van der Waals surface area contributed by atoms with Gasteiger partial charge in [-0.25, -0.2) is 0 Å². The van der Waals surface area contributed by atoms with E-state index in [-0.39, 0.29) is 0 Å². The number of nitrogens with one attached hydrogen (secondary N) is 1. The van der Waals surface area contributed by atoms with Gasteiger partial charge in [-0.15, -0.1) is 0 Å². The smallest absolute Gasteiger partial charge is 0.137 e. The lowest BCUT2D eigenvalue weighted by Gasteiger charge is -2.25. The van der Waals surface area contributed by atoms with Gasteiger partial charge in [0, 0.05) is 6.04 Å². The normalized spacial score (nSPS) is 24.4. The molecule has 0 saturated heterocycles. The molecule has 19 heavy (non-hydrogen) atoms. The molecule has 0 amide bonds. The first kappa shape index (κ1) is 14.7. The van der Waals surface area contributed by atoms with E-state index < -0.39 is 0 Å². The van der Waals surface area contributed by atoms with Crippen LogP contribution >= 0.6 is 11.6 Å². The van der Waals surface area contributed by atoms with E-state index in [1.54, 1.807) is 7.11 Å². The maximum atomic E-state index is 6.12. The lowest BCUT2D eigenvalue weighted by Crippen LogP contribution is -2.27. The third-order valence-corrected chi connectivity index (χ3v) is 4.48. The van der Waals surface area contributed by atoms with Crippen LogP contribution in [-0.2, 0) is 0 Å². The third kappa shape index (κ3) is 3.43. The second-order valence-electron chi connectivity index (χ2n) is 5.61. The highest BCUT2D eigenvalue weighted by Gasteiger charge is 2.29. The van der Waals surface area contributed by atoms with Gasteiger partial charge in [0.15, 0.2) is 0 Å². The van der Waals surface area contributed by atoms with E-state index in [4.69, 9.17) is 16.3 Å². The number of rotatable bonds is 5. The summed E-state index contributed by atoms with van der Waals surface area (Å²) in [7, 11) is 1.67. The molecule has 1 aliphatic carbocycles. The summed E-state index contributed by atoms with van der Waals surface area (Å²) in [6.07, 6.45) is 3.96. The van der Waals surface area contributed by atoms with Gasteiger partial charge in [-0.3, -0.25) is 0 Å². The maximum absolute atomic E-state index is 6.12. The van der Waals surface area contributed by atoms with Crippen molar-refractivity contribution in [2.45, 2.75) is 39.2 Å².